The van der Waals surface area contributed by atoms with E-state index in [1.165, 1.54) is 32.1 Å². The van der Waals surface area contributed by atoms with Crippen LogP contribution in [0, 0.1) is 11.3 Å². The van der Waals surface area contributed by atoms with Crippen molar-refractivity contribution in [2.24, 2.45) is 0 Å². The third-order valence-electron chi connectivity index (χ3n) is 3.99. The summed E-state index contributed by atoms with van der Waals surface area (Å²) in [6.07, 6.45) is 6.32. The summed E-state index contributed by atoms with van der Waals surface area (Å²) in [5.74, 6) is 0. The van der Waals surface area contributed by atoms with Gasteiger partial charge in [0, 0.05) is 24.7 Å². The molecule has 3 heteroatoms. The van der Waals surface area contributed by atoms with Gasteiger partial charge in [-0.05, 0) is 39.0 Å². The van der Waals surface area contributed by atoms with Crippen molar-refractivity contribution in [3.05, 3.63) is 0 Å². The van der Waals surface area contributed by atoms with Crippen LogP contribution in [0.1, 0.15) is 46.0 Å². The lowest BCUT2D eigenvalue weighted by molar-refractivity contribution is 0.187. The normalized spacial score (nSPS) is 32.6. The van der Waals surface area contributed by atoms with Crippen LogP contribution in [0.25, 0.3) is 0 Å². The summed E-state index contributed by atoms with van der Waals surface area (Å²) in [5.41, 5.74) is 0. The summed E-state index contributed by atoms with van der Waals surface area (Å²) in [7, 11) is 0. The summed E-state index contributed by atoms with van der Waals surface area (Å²) in [5, 5.41) is 12.6. The minimum absolute atomic E-state index is 0.0297. The molecule has 3 nitrogen and oxygen atoms in total. The van der Waals surface area contributed by atoms with E-state index < -0.39 is 0 Å². The number of hydrogen-bond acceptors (Lipinski definition) is 3. The first-order valence-electron chi connectivity index (χ1n) is 6.66. The van der Waals surface area contributed by atoms with E-state index in [0.29, 0.717) is 18.1 Å². The summed E-state index contributed by atoms with van der Waals surface area (Å²) in [4.78, 5) is 2.53. The van der Waals surface area contributed by atoms with Gasteiger partial charge in [0.15, 0.2) is 0 Å². The van der Waals surface area contributed by atoms with Gasteiger partial charge < -0.3 is 0 Å². The molecular weight excluding hydrogens is 198 g/mol. The Balaban J connectivity index is 1.87. The van der Waals surface area contributed by atoms with Crippen LogP contribution < -0.4 is 5.32 Å². The first-order chi connectivity index (χ1) is 7.74. The molecule has 0 aromatic carbocycles. The van der Waals surface area contributed by atoms with E-state index in [-0.39, 0.29) is 6.04 Å². The summed E-state index contributed by atoms with van der Waals surface area (Å²) >= 11 is 0. The fraction of sp³-hybridized carbons (Fsp3) is 0.923. The second kappa shape index (κ2) is 5.16. The topological polar surface area (TPSA) is 39.1 Å². The smallest absolute Gasteiger partial charge is 0.108 e. The predicted molar refractivity (Wildman–Crippen MR) is 65.0 cm³/mol. The number of hydrogen-bond donors (Lipinski definition) is 1. The van der Waals surface area contributed by atoms with Gasteiger partial charge in [-0.1, -0.05) is 6.92 Å². The molecule has 90 valence electrons. The molecule has 2 fully saturated rings. The Labute approximate surface area is 98.8 Å². The Morgan fingerprint density at radius 2 is 2.12 bits per heavy atom. The van der Waals surface area contributed by atoms with Gasteiger partial charge in [-0.25, -0.2) is 0 Å². The molecule has 16 heavy (non-hydrogen) atoms. The average molecular weight is 221 g/mol. The quantitative estimate of drug-likeness (QED) is 0.770. The van der Waals surface area contributed by atoms with Crippen molar-refractivity contribution < 1.29 is 0 Å². The molecule has 0 bridgehead atoms. The van der Waals surface area contributed by atoms with Gasteiger partial charge in [0.2, 0.25) is 0 Å². The molecule has 1 saturated carbocycles. The Morgan fingerprint density at radius 1 is 1.38 bits per heavy atom. The molecule has 0 radical (unpaired) electrons. The van der Waals surface area contributed by atoms with Gasteiger partial charge in [0.25, 0.3) is 0 Å². The van der Waals surface area contributed by atoms with Crippen LogP contribution in [0.3, 0.4) is 0 Å². The summed E-state index contributed by atoms with van der Waals surface area (Å²) in [6.45, 7) is 5.46. The highest BCUT2D eigenvalue weighted by molar-refractivity contribution is 4.99. The molecule has 1 saturated heterocycles. The van der Waals surface area contributed by atoms with Crippen LogP contribution >= 0.6 is 0 Å². The largest absolute Gasteiger partial charge is 0.298 e. The minimum atomic E-state index is 0.0297. The Morgan fingerprint density at radius 3 is 2.69 bits per heavy atom. The zero-order valence-electron chi connectivity index (χ0n) is 10.4. The molecule has 3 unspecified atom stereocenters. The number of likely N-dealkylation sites (tertiary alicyclic amines) is 1. The number of nitrogens with zero attached hydrogens (tertiary/aromatic N) is 2. The van der Waals surface area contributed by atoms with Crippen LogP contribution in [0.5, 0.6) is 0 Å². The number of rotatable bonds is 5. The summed E-state index contributed by atoms with van der Waals surface area (Å²) in [6, 6.07) is 4.43. The second-order valence-electron chi connectivity index (χ2n) is 5.31. The maximum absolute atomic E-state index is 9.17. The molecule has 1 heterocycles. The molecule has 0 aromatic rings. The SMILES string of the molecule is CCC1CCC(C)N1CC(C#N)NC1CC1. The molecule has 1 N–H and O–H groups in total. The van der Waals surface area contributed by atoms with Crippen LogP contribution in [0.2, 0.25) is 0 Å². The number of nitriles is 1. The standard InChI is InChI=1S/C13H23N3/c1-3-13-7-4-10(2)16(13)9-12(8-14)15-11-5-6-11/h10-13,15H,3-7,9H2,1-2H3. The van der Waals surface area contributed by atoms with E-state index in [0.717, 1.165) is 6.54 Å². The van der Waals surface area contributed by atoms with E-state index in [2.05, 4.69) is 30.1 Å². The van der Waals surface area contributed by atoms with Crippen molar-refractivity contribution in [1.82, 2.24) is 10.2 Å². The molecule has 0 aromatic heterocycles. The van der Waals surface area contributed by atoms with Crippen LogP contribution in [0.4, 0.5) is 0 Å². The molecule has 1 aliphatic carbocycles. The van der Waals surface area contributed by atoms with Gasteiger partial charge in [-0.15, -0.1) is 0 Å². The monoisotopic (exact) mass is 221 g/mol. The summed E-state index contributed by atoms with van der Waals surface area (Å²) < 4.78 is 0. The number of nitrogens with one attached hydrogen (secondary N) is 1. The predicted octanol–water partition coefficient (Wildman–Crippen LogP) is 1.89. The zero-order valence-corrected chi connectivity index (χ0v) is 10.4. The van der Waals surface area contributed by atoms with E-state index in [9.17, 15) is 0 Å². The van der Waals surface area contributed by atoms with Crippen molar-refractivity contribution in [3.8, 4) is 6.07 Å². The fourth-order valence-corrected chi connectivity index (χ4v) is 2.77. The fourth-order valence-electron chi connectivity index (χ4n) is 2.77. The van der Waals surface area contributed by atoms with Gasteiger partial charge in [0.05, 0.1) is 6.07 Å². The maximum Gasteiger partial charge on any atom is 0.108 e. The van der Waals surface area contributed by atoms with E-state index in [1.807, 2.05) is 0 Å². The first kappa shape index (κ1) is 11.9. The highest BCUT2D eigenvalue weighted by atomic mass is 15.2. The lowest BCUT2D eigenvalue weighted by Crippen LogP contribution is -2.45. The highest BCUT2D eigenvalue weighted by Gasteiger charge is 2.32. The maximum atomic E-state index is 9.17. The third kappa shape index (κ3) is 2.75. The van der Waals surface area contributed by atoms with Crippen molar-refractivity contribution >= 4 is 0 Å². The molecular formula is C13H23N3. The minimum Gasteiger partial charge on any atom is -0.298 e. The first-order valence-corrected chi connectivity index (χ1v) is 6.66. The van der Waals surface area contributed by atoms with Crippen molar-refractivity contribution in [1.29, 1.82) is 5.26 Å². The zero-order chi connectivity index (χ0) is 11.5. The lowest BCUT2D eigenvalue weighted by atomic mass is 10.1. The Kier molecular flexibility index (Phi) is 3.83. The van der Waals surface area contributed by atoms with Gasteiger partial charge >= 0.3 is 0 Å². The van der Waals surface area contributed by atoms with Crippen molar-refractivity contribution in [2.45, 2.75) is 70.1 Å². The molecule has 3 atom stereocenters. The Bertz CT molecular complexity index is 267. The van der Waals surface area contributed by atoms with Crippen LogP contribution in [-0.2, 0) is 0 Å². The van der Waals surface area contributed by atoms with Crippen molar-refractivity contribution in [2.75, 3.05) is 6.54 Å². The molecule has 2 rings (SSSR count). The lowest BCUT2D eigenvalue weighted by Gasteiger charge is -2.29. The Hall–Kier alpha value is -0.590. The van der Waals surface area contributed by atoms with Crippen molar-refractivity contribution in [3.63, 3.8) is 0 Å². The van der Waals surface area contributed by atoms with Crippen LogP contribution in [-0.4, -0.2) is 35.6 Å². The van der Waals surface area contributed by atoms with E-state index >= 15 is 0 Å². The van der Waals surface area contributed by atoms with Gasteiger partial charge in [-0.2, -0.15) is 5.26 Å². The molecule has 0 amide bonds. The molecule has 2 aliphatic rings. The van der Waals surface area contributed by atoms with E-state index in [4.69, 9.17) is 5.26 Å². The van der Waals surface area contributed by atoms with Gasteiger partial charge in [-0.3, -0.25) is 10.2 Å². The molecule has 1 aliphatic heterocycles. The van der Waals surface area contributed by atoms with Crippen LogP contribution in [0.15, 0.2) is 0 Å². The molecule has 0 spiro atoms. The average Bonchev–Trinajstić information content (AvgIpc) is 3.03. The second-order valence-corrected chi connectivity index (χ2v) is 5.31. The highest BCUT2D eigenvalue weighted by Crippen LogP contribution is 2.26. The third-order valence-corrected chi connectivity index (χ3v) is 3.99. The van der Waals surface area contributed by atoms with Gasteiger partial charge in [0.1, 0.15) is 6.04 Å². The van der Waals surface area contributed by atoms with E-state index in [1.54, 1.807) is 0 Å².